The second-order valence-electron chi connectivity index (χ2n) is 7.30. The van der Waals surface area contributed by atoms with E-state index in [0.717, 1.165) is 56.1 Å². The zero-order chi connectivity index (χ0) is 19.3. The number of phenols is 1. The number of anilines is 1. The second kappa shape index (κ2) is 8.63. The maximum Gasteiger partial charge on any atom is 0.225 e. The number of aromatic hydroxyl groups is 1. The van der Waals surface area contributed by atoms with E-state index in [1.165, 1.54) is 0 Å². The monoisotopic (exact) mass is 382 g/mol. The van der Waals surface area contributed by atoms with Gasteiger partial charge in [-0.25, -0.2) is 0 Å². The maximum absolute atomic E-state index is 12.1. The summed E-state index contributed by atoms with van der Waals surface area (Å²) in [6.45, 7) is 5.37. The molecule has 2 N–H and O–H groups in total. The van der Waals surface area contributed by atoms with Gasteiger partial charge in [0.25, 0.3) is 0 Å². The maximum atomic E-state index is 12.1. The van der Waals surface area contributed by atoms with Gasteiger partial charge in [-0.15, -0.1) is 0 Å². The van der Waals surface area contributed by atoms with E-state index in [1.807, 2.05) is 30.3 Å². The summed E-state index contributed by atoms with van der Waals surface area (Å²) in [6, 6.07) is 13.1. The van der Waals surface area contributed by atoms with E-state index in [1.54, 1.807) is 12.1 Å². The van der Waals surface area contributed by atoms with Crippen LogP contribution < -0.4 is 10.1 Å². The summed E-state index contributed by atoms with van der Waals surface area (Å²) < 4.78 is 11.2. The largest absolute Gasteiger partial charge is 0.508 e. The number of carbonyl (C=O) groups is 1. The average molecular weight is 382 g/mol. The van der Waals surface area contributed by atoms with Crippen molar-refractivity contribution >= 4 is 11.6 Å². The highest BCUT2D eigenvalue weighted by atomic mass is 16.5. The number of hydrogen-bond donors (Lipinski definition) is 2. The highest BCUT2D eigenvalue weighted by molar-refractivity contribution is 5.95. The fourth-order valence-electron chi connectivity index (χ4n) is 3.85. The second-order valence-corrected chi connectivity index (χ2v) is 7.30. The van der Waals surface area contributed by atoms with Crippen molar-refractivity contribution in [2.75, 3.05) is 44.8 Å². The number of benzene rings is 2. The lowest BCUT2D eigenvalue weighted by Gasteiger charge is -2.26. The first-order valence-corrected chi connectivity index (χ1v) is 9.85. The first kappa shape index (κ1) is 18.8. The standard InChI is InChI=1S/C22H26N2O4/c25-17-4-7-19-20(15-22(26)23-21(19)14-17)16-2-5-18(6-3-16)28-11-1-8-24-9-12-27-13-10-24/h2-7,14,20,25H,1,8-13,15H2,(H,23,26)/t20-/m0/s1. The number of nitrogens with zero attached hydrogens (tertiary/aromatic N) is 1. The molecule has 6 nitrogen and oxygen atoms in total. The van der Waals surface area contributed by atoms with Crippen LogP contribution in [0.2, 0.25) is 0 Å². The van der Waals surface area contributed by atoms with Crippen molar-refractivity contribution in [3.8, 4) is 11.5 Å². The number of ether oxygens (including phenoxy) is 2. The minimum absolute atomic E-state index is 0.0141. The van der Waals surface area contributed by atoms with Crippen LogP contribution in [0.15, 0.2) is 42.5 Å². The van der Waals surface area contributed by atoms with Crippen molar-refractivity contribution in [1.29, 1.82) is 0 Å². The number of nitrogens with one attached hydrogen (secondary N) is 1. The normalized spacial score (nSPS) is 19.7. The molecule has 6 heteroatoms. The molecule has 0 aromatic heterocycles. The van der Waals surface area contributed by atoms with Crippen LogP contribution in [0.5, 0.6) is 11.5 Å². The van der Waals surface area contributed by atoms with Gasteiger partial charge in [0.1, 0.15) is 11.5 Å². The highest BCUT2D eigenvalue weighted by Crippen LogP contribution is 2.38. The lowest BCUT2D eigenvalue weighted by Crippen LogP contribution is -2.37. The quantitative estimate of drug-likeness (QED) is 0.752. The van der Waals surface area contributed by atoms with Gasteiger partial charge in [0, 0.05) is 43.7 Å². The van der Waals surface area contributed by atoms with E-state index in [2.05, 4.69) is 10.2 Å². The fraction of sp³-hybridized carbons (Fsp3) is 0.409. The van der Waals surface area contributed by atoms with Gasteiger partial charge in [-0.2, -0.15) is 0 Å². The highest BCUT2D eigenvalue weighted by Gasteiger charge is 2.26. The molecule has 2 aliphatic rings. The molecule has 2 heterocycles. The van der Waals surface area contributed by atoms with Gasteiger partial charge < -0.3 is 19.9 Å². The van der Waals surface area contributed by atoms with Crippen molar-refractivity contribution in [3.05, 3.63) is 53.6 Å². The molecular formula is C22H26N2O4. The predicted molar refractivity (Wildman–Crippen MR) is 107 cm³/mol. The summed E-state index contributed by atoms with van der Waals surface area (Å²) in [5.41, 5.74) is 2.78. The molecule has 2 aliphatic heterocycles. The number of amides is 1. The number of phenolic OH excluding ortho intramolecular Hbond substituents is 1. The summed E-state index contributed by atoms with van der Waals surface area (Å²) in [5.74, 6) is 0.948. The number of rotatable bonds is 6. The molecule has 0 bridgehead atoms. The van der Waals surface area contributed by atoms with Crippen molar-refractivity contribution in [3.63, 3.8) is 0 Å². The summed E-state index contributed by atoms with van der Waals surface area (Å²) in [6.07, 6.45) is 1.39. The van der Waals surface area contributed by atoms with Crippen LogP contribution in [0.25, 0.3) is 0 Å². The molecule has 0 saturated carbocycles. The molecule has 148 valence electrons. The molecule has 1 saturated heterocycles. The van der Waals surface area contributed by atoms with Crippen LogP contribution in [0, 0.1) is 0 Å². The summed E-state index contributed by atoms with van der Waals surface area (Å²) in [7, 11) is 0. The topological polar surface area (TPSA) is 71.0 Å². The van der Waals surface area contributed by atoms with Gasteiger partial charge in [-0.3, -0.25) is 9.69 Å². The molecule has 1 amide bonds. The Morgan fingerprint density at radius 2 is 1.93 bits per heavy atom. The molecule has 0 radical (unpaired) electrons. The molecular weight excluding hydrogens is 356 g/mol. The number of hydrogen-bond acceptors (Lipinski definition) is 5. The summed E-state index contributed by atoms with van der Waals surface area (Å²) >= 11 is 0. The fourth-order valence-corrected chi connectivity index (χ4v) is 3.85. The Kier molecular flexibility index (Phi) is 5.78. The Labute approximate surface area is 165 Å². The van der Waals surface area contributed by atoms with E-state index >= 15 is 0 Å². The smallest absolute Gasteiger partial charge is 0.225 e. The third-order valence-corrected chi connectivity index (χ3v) is 5.35. The van der Waals surface area contributed by atoms with Crippen LogP contribution >= 0.6 is 0 Å². The van der Waals surface area contributed by atoms with Gasteiger partial charge in [-0.05, 0) is 35.7 Å². The molecule has 2 aromatic carbocycles. The SMILES string of the molecule is O=C1C[C@@H](c2ccc(OCCCN3CCOCC3)cc2)c2ccc(O)cc2N1. The molecule has 0 spiro atoms. The Morgan fingerprint density at radius 3 is 2.71 bits per heavy atom. The number of morpholine rings is 1. The van der Waals surface area contributed by atoms with Crippen LogP contribution in [0.3, 0.4) is 0 Å². The molecule has 4 rings (SSSR count). The Morgan fingerprint density at radius 1 is 1.14 bits per heavy atom. The van der Waals surface area contributed by atoms with Gasteiger partial charge in [0.15, 0.2) is 0 Å². The van der Waals surface area contributed by atoms with E-state index < -0.39 is 0 Å². The third-order valence-electron chi connectivity index (χ3n) is 5.35. The number of carbonyl (C=O) groups excluding carboxylic acids is 1. The van der Waals surface area contributed by atoms with E-state index in [-0.39, 0.29) is 17.6 Å². The van der Waals surface area contributed by atoms with Gasteiger partial charge in [-0.1, -0.05) is 18.2 Å². The van der Waals surface area contributed by atoms with Crippen LogP contribution in [-0.4, -0.2) is 55.4 Å². The van der Waals surface area contributed by atoms with Crippen molar-refractivity contribution in [2.45, 2.75) is 18.8 Å². The molecule has 28 heavy (non-hydrogen) atoms. The van der Waals surface area contributed by atoms with Crippen molar-refractivity contribution in [1.82, 2.24) is 4.90 Å². The van der Waals surface area contributed by atoms with Crippen LogP contribution in [-0.2, 0) is 9.53 Å². The first-order chi connectivity index (χ1) is 13.7. The Bertz CT molecular complexity index is 816. The van der Waals surface area contributed by atoms with Crippen molar-refractivity contribution < 1.29 is 19.4 Å². The minimum Gasteiger partial charge on any atom is -0.508 e. The summed E-state index contributed by atoms with van der Waals surface area (Å²) in [4.78, 5) is 14.5. The molecule has 0 unspecified atom stereocenters. The zero-order valence-electron chi connectivity index (χ0n) is 15.9. The first-order valence-electron chi connectivity index (χ1n) is 9.85. The molecule has 2 aromatic rings. The summed E-state index contributed by atoms with van der Waals surface area (Å²) in [5, 5.41) is 12.5. The zero-order valence-corrected chi connectivity index (χ0v) is 15.9. The predicted octanol–water partition coefficient (Wildman–Crippen LogP) is 2.97. The average Bonchev–Trinajstić information content (AvgIpc) is 2.71. The Hall–Kier alpha value is -2.57. The van der Waals surface area contributed by atoms with Crippen molar-refractivity contribution in [2.24, 2.45) is 0 Å². The lowest BCUT2D eigenvalue weighted by molar-refractivity contribution is -0.116. The van der Waals surface area contributed by atoms with Gasteiger partial charge >= 0.3 is 0 Å². The van der Waals surface area contributed by atoms with Crippen LogP contribution in [0.1, 0.15) is 29.9 Å². The van der Waals surface area contributed by atoms with Gasteiger partial charge in [0.05, 0.1) is 19.8 Å². The van der Waals surface area contributed by atoms with E-state index in [0.29, 0.717) is 18.7 Å². The molecule has 0 aliphatic carbocycles. The van der Waals surface area contributed by atoms with E-state index in [4.69, 9.17) is 9.47 Å². The molecule has 1 atom stereocenters. The Balaban J connectivity index is 1.35. The van der Waals surface area contributed by atoms with E-state index in [9.17, 15) is 9.90 Å². The third kappa shape index (κ3) is 4.46. The lowest BCUT2D eigenvalue weighted by atomic mass is 9.85. The molecule has 1 fully saturated rings. The van der Waals surface area contributed by atoms with Crippen LogP contribution in [0.4, 0.5) is 5.69 Å². The minimum atomic E-state index is -0.0356. The number of fused-ring (bicyclic) bond motifs is 1. The van der Waals surface area contributed by atoms with Gasteiger partial charge in [0.2, 0.25) is 5.91 Å².